The van der Waals surface area contributed by atoms with Crippen LogP contribution in [0.5, 0.6) is 0 Å². The normalized spacial score (nSPS) is 10.7. The topological polar surface area (TPSA) is 55.4 Å². The Morgan fingerprint density at radius 1 is 0.966 bits per heavy atom. The molecule has 1 N–H and O–H groups in total. The van der Waals surface area contributed by atoms with Crippen LogP contribution in [0.3, 0.4) is 0 Å². The fourth-order valence-electron chi connectivity index (χ4n) is 3.19. The van der Waals surface area contributed by atoms with Crippen molar-refractivity contribution in [2.75, 3.05) is 12.4 Å². The second-order valence-electron chi connectivity index (χ2n) is 6.33. The van der Waals surface area contributed by atoms with E-state index < -0.39 is 5.97 Å². The van der Waals surface area contributed by atoms with Gasteiger partial charge >= 0.3 is 5.97 Å². The molecule has 0 saturated carbocycles. The number of benzene rings is 3. The van der Waals surface area contributed by atoms with Crippen molar-refractivity contribution < 1.29 is 14.3 Å². The van der Waals surface area contributed by atoms with E-state index >= 15 is 0 Å². The van der Waals surface area contributed by atoms with E-state index in [-0.39, 0.29) is 5.91 Å². The fourth-order valence-corrected chi connectivity index (χ4v) is 4.41. The first-order valence-electron chi connectivity index (χ1n) is 8.83. The summed E-state index contributed by atoms with van der Waals surface area (Å²) >= 11 is 4.72. The van der Waals surface area contributed by atoms with Crippen molar-refractivity contribution in [1.29, 1.82) is 0 Å². The van der Waals surface area contributed by atoms with Crippen LogP contribution in [0.4, 0.5) is 5.00 Å². The van der Waals surface area contributed by atoms with Gasteiger partial charge in [-0.3, -0.25) is 4.79 Å². The van der Waals surface area contributed by atoms with Crippen molar-refractivity contribution in [2.45, 2.75) is 0 Å². The number of hydrogen-bond acceptors (Lipinski definition) is 4. The molecule has 1 heterocycles. The minimum Gasteiger partial charge on any atom is -0.465 e. The molecular formula is C23H16BrNO3S. The van der Waals surface area contributed by atoms with Gasteiger partial charge in [-0.25, -0.2) is 4.79 Å². The summed E-state index contributed by atoms with van der Waals surface area (Å²) in [7, 11) is 1.33. The molecule has 1 aromatic heterocycles. The summed E-state index contributed by atoms with van der Waals surface area (Å²) in [6.45, 7) is 0. The molecule has 0 aliphatic carbocycles. The van der Waals surface area contributed by atoms with Gasteiger partial charge in [0.25, 0.3) is 5.91 Å². The average molecular weight is 466 g/mol. The molecule has 0 saturated heterocycles. The molecule has 4 aromatic rings. The molecule has 29 heavy (non-hydrogen) atoms. The molecule has 0 bridgehead atoms. The number of nitrogens with one attached hydrogen (secondary N) is 1. The van der Waals surface area contributed by atoms with E-state index in [1.54, 1.807) is 6.07 Å². The smallest absolute Gasteiger partial charge is 0.341 e. The van der Waals surface area contributed by atoms with Crippen LogP contribution in [0.15, 0.2) is 76.6 Å². The predicted octanol–water partition coefficient (Wildman–Crippen LogP) is 6.37. The maximum Gasteiger partial charge on any atom is 0.341 e. The molecule has 3 aromatic carbocycles. The molecule has 0 radical (unpaired) electrons. The van der Waals surface area contributed by atoms with Crippen LogP contribution in [-0.2, 0) is 4.74 Å². The van der Waals surface area contributed by atoms with E-state index in [2.05, 4.69) is 21.2 Å². The minimum atomic E-state index is -0.489. The summed E-state index contributed by atoms with van der Waals surface area (Å²) < 4.78 is 5.93. The molecular weight excluding hydrogens is 450 g/mol. The third-order valence-corrected chi connectivity index (χ3v) is 6.02. The van der Waals surface area contributed by atoms with Gasteiger partial charge in [-0.15, -0.1) is 11.3 Å². The lowest BCUT2D eigenvalue weighted by Gasteiger charge is -2.09. The third kappa shape index (κ3) is 3.81. The van der Waals surface area contributed by atoms with Crippen molar-refractivity contribution in [1.82, 2.24) is 0 Å². The number of amides is 1. The number of hydrogen-bond donors (Lipinski definition) is 1. The zero-order valence-electron chi connectivity index (χ0n) is 15.4. The highest BCUT2D eigenvalue weighted by Gasteiger charge is 2.23. The van der Waals surface area contributed by atoms with Gasteiger partial charge in [-0.1, -0.05) is 64.5 Å². The van der Waals surface area contributed by atoms with E-state index in [0.717, 1.165) is 26.4 Å². The SMILES string of the molecule is COC(=O)c1c(-c2ccc(Br)cc2)csc1NC(=O)c1cccc2ccccc12. The number of anilines is 1. The number of ether oxygens (including phenoxy) is 1. The average Bonchev–Trinajstić information content (AvgIpc) is 3.16. The highest BCUT2D eigenvalue weighted by atomic mass is 79.9. The number of carbonyl (C=O) groups excluding carboxylic acids is 2. The summed E-state index contributed by atoms with van der Waals surface area (Å²) in [5, 5.41) is 7.07. The van der Waals surface area contributed by atoms with Crippen LogP contribution in [0.1, 0.15) is 20.7 Å². The number of rotatable bonds is 4. The Morgan fingerprint density at radius 2 is 1.69 bits per heavy atom. The summed E-state index contributed by atoms with van der Waals surface area (Å²) in [4.78, 5) is 25.5. The summed E-state index contributed by atoms with van der Waals surface area (Å²) in [6, 6.07) is 20.9. The van der Waals surface area contributed by atoms with Crippen LogP contribution < -0.4 is 5.32 Å². The van der Waals surface area contributed by atoms with E-state index in [4.69, 9.17) is 4.74 Å². The van der Waals surface area contributed by atoms with Crippen LogP contribution in [-0.4, -0.2) is 19.0 Å². The van der Waals surface area contributed by atoms with Crippen molar-refractivity contribution in [2.24, 2.45) is 0 Å². The third-order valence-electron chi connectivity index (χ3n) is 4.60. The Bertz CT molecular complexity index is 1210. The van der Waals surface area contributed by atoms with E-state index in [9.17, 15) is 9.59 Å². The Kier molecular flexibility index (Phi) is 5.47. The molecule has 0 aliphatic heterocycles. The molecule has 1 amide bonds. The first kappa shape index (κ1) is 19.4. The molecule has 4 nitrogen and oxygen atoms in total. The highest BCUT2D eigenvalue weighted by Crippen LogP contribution is 2.37. The Labute approximate surface area is 180 Å². The number of thiophene rings is 1. The lowest BCUT2D eigenvalue weighted by atomic mass is 10.0. The number of esters is 1. The highest BCUT2D eigenvalue weighted by molar-refractivity contribution is 9.10. The molecule has 0 atom stereocenters. The van der Waals surface area contributed by atoms with E-state index in [1.807, 2.05) is 66.0 Å². The van der Waals surface area contributed by atoms with E-state index in [1.165, 1.54) is 18.4 Å². The first-order chi connectivity index (χ1) is 14.1. The number of halogens is 1. The summed E-state index contributed by atoms with van der Waals surface area (Å²) in [6.07, 6.45) is 0. The predicted molar refractivity (Wildman–Crippen MR) is 121 cm³/mol. The van der Waals surface area contributed by atoms with Crippen LogP contribution in [0.2, 0.25) is 0 Å². The number of methoxy groups -OCH3 is 1. The molecule has 0 fully saturated rings. The zero-order valence-corrected chi connectivity index (χ0v) is 17.8. The van der Waals surface area contributed by atoms with Gasteiger partial charge in [-0.2, -0.15) is 0 Å². The molecule has 144 valence electrons. The van der Waals surface area contributed by atoms with Crippen molar-refractivity contribution in [3.05, 3.63) is 87.7 Å². The number of fused-ring (bicyclic) bond motifs is 1. The maximum absolute atomic E-state index is 13.0. The second-order valence-corrected chi connectivity index (χ2v) is 8.13. The van der Waals surface area contributed by atoms with Gasteiger partial charge in [0.2, 0.25) is 0 Å². The van der Waals surface area contributed by atoms with Gasteiger partial charge < -0.3 is 10.1 Å². The van der Waals surface area contributed by atoms with E-state index in [0.29, 0.717) is 16.1 Å². The standard InChI is InChI=1S/C23H16BrNO3S/c1-28-23(27)20-19(15-9-11-16(24)12-10-15)13-29-22(20)25-21(26)18-8-4-6-14-5-2-3-7-17(14)18/h2-13H,1H3,(H,25,26). The van der Waals surface area contributed by atoms with Crippen LogP contribution >= 0.6 is 27.3 Å². The van der Waals surface area contributed by atoms with Gasteiger partial charge in [0.05, 0.1) is 7.11 Å². The zero-order chi connectivity index (χ0) is 20.4. The summed E-state index contributed by atoms with van der Waals surface area (Å²) in [5.74, 6) is -0.756. The number of carbonyl (C=O) groups is 2. The van der Waals surface area contributed by atoms with Gasteiger partial charge in [0.1, 0.15) is 10.6 Å². The fraction of sp³-hybridized carbons (Fsp3) is 0.0435. The molecule has 0 spiro atoms. The molecule has 4 rings (SSSR count). The van der Waals surface area contributed by atoms with Gasteiger partial charge in [0.15, 0.2) is 0 Å². The largest absolute Gasteiger partial charge is 0.465 e. The van der Waals surface area contributed by atoms with Crippen molar-refractivity contribution in [3.8, 4) is 11.1 Å². The lowest BCUT2D eigenvalue weighted by Crippen LogP contribution is -2.14. The van der Waals surface area contributed by atoms with Crippen molar-refractivity contribution >= 4 is 54.9 Å². The molecule has 0 aliphatic rings. The maximum atomic E-state index is 13.0. The lowest BCUT2D eigenvalue weighted by molar-refractivity contribution is 0.0603. The van der Waals surface area contributed by atoms with Crippen LogP contribution in [0.25, 0.3) is 21.9 Å². The Balaban J connectivity index is 1.74. The second kappa shape index (κ2) is 8.19. The van der Waals surface area contributed by atoms with Gasteiger partial charge in [0, 0.05) is 21.0 Å². The quantitative estimate of drug-likeness (QED) is 0.356. The molecule has 0 unspecified atom stereocenters. The summed E-state index contributed by atoms with van der Waals surface area (Å²) in [5.41, 5.74) is 2.50. The van der Waals surface area contributed by atoms with Crippen molar-refractivity contribution in [3.63, 3.8) is 0 Å². The van der Waals surface area contributed by atoms with Crippen LogP contribution in [0, 0.1) is 0 Å². The molecule has 6 heteroatoms. The first-order valence-corrected chi connectivity index (χ1v) is 10.5. The minimum absolute atomic E-state index is 0.267. The Morgan fingerprint density at radius 3 is 2.45 bits per heavy atom. The Hall–Kier alpha value is -2.96. The monoisotopic (exact) mass is 465 g/mol. The van der Waals surface area contributed by atoms with Gasteiger partial charge in [-0.05, 0) is 34.5 Å².